The molecule has 3 rings (SSSR count). The zero-order chi connectivity index (χ0) is 16.0. The smallest absolute Gasteiger partial charge is 0.266 e. The molecule has 2 aromatic rings. The molecule has 1 aliphatic heterocycles. The van der Waals surface area contributed by atoms with Gasteiger partial charge in [-0.1, -0.05) is 29.3 Å². The number of imide groups is 1. The predicted molar refractivity (Wildman–Crippen MR) is 78.4 cm³/mol. The fraction of sp³-hybridized carbons (Fsp3) is 0. The van der Waals surface area contributed by atoms with Crippen molar-refractivity contribution in [3.8, 4) is 0 Å². The van der Waals surface area contributed by atoms with Crippen LogP contribution in [0.25, 0.3) is 0 Å². The number of carboxylic acid groups (broad SMARTS) is 1. The van der Waals surface area contributed by atoms with Crippen LogP contribution in [-0.4, -0.2) is 17.8 Å². The lowest BCUT2D eigenvalue weighted by Gasteiger charge is -2.14. The molecule has 0 unspecified atom stereocenters. The Morgan fingerprint density at radius 3 is 2.23 bits per heavy atom. The summed E-state index contributed by atoms with van der Waals surface area (Å²) in [5.74, 6) is -2.60. The number of halogens is 2. The first-order valence-electron chi connectivity index (χ1n) is 6.09. The van der Waals surface area contributed by atoms with Gasteiger partial charge in [-0.15, -0.1) is 0 Å². The van der Waals surface area contributed by atoms with Gasteiger partial charge < -0.3 is 9.90 Å². The van der Waals surface area contributed by atoms with Crippen LogP contribution >= 0.6 is 23.2 Å². The second-order valence-electron chi connectivity index (χ2n) is 4.59. The predicted octanol–water partition coefficient (Wildman–Crippen LogP) is 2.16. The maximum absolute atomic E-state index is 12.4. The number of amides is 2. The maximum atomic E-state index is 12.4. The lowest BCUT2D eigenvalue weighted by Crippen LogP contribution is -2.29. The molecule has 0 radical (unpaired) electrons. The van der Waals surface area contributed by atoms with Crippen molar-refractivity contribution in [2.24, 2.45) is 0 Å². The molecule has 0 spiro atoms. The van der Waals surface area contributed by atoms with Crippen LogP contribution < -0.4 is 10.0 Å². The highest BCUT2D eigenvalue weighted by molar-refractivity contribution is 6.42. The van der Waals surface area contributed by atoms with Gasteiger partial charge in [-0.3, -0.25) is 9.59 Å². The summed E-state index contributed by atoms with van der Waals surface area (Å²) in [7, 11) is 0. The van der Waals surface area contributed by atoms with E-state index < -0.39 is 17.8 Å². The van der Waals surface area contributed by atoms with E-state index in [1.807, 2.05) is 0 Å². The minimum absolute atomic E-state index is 0.0118. The fourth-order valence-electron chi connectivity index (χ4n) is 2.23. The number of carboxylic acids is 1. The number of aromatic carboxylic acids is 1. The van der Waals surface area contributed by atoms with E-state index in [0.717, 1.165) is 11.0 Å². The van der Waals surface area contributed by atoms with Crippen molar-refractivity contribution < 1.29 is 19.5 Å². The van der Waals surface area contributed by atoms with E-state index in [9.17, 15) is 19.5 Å². The van der Waals surface area contributed by atoms with Crippen LogP contribution in [-0.2, 0) is 0 Å². The minimum Gasteiger partial charge on any atom is -0.545 e. The summed E-state index contributed by atoms with van der Waals surface area (Å²) >= 11 is 11.7. The topological polar surface area (TPSA) is 77.5 Å². The van der Waals surface area contributed by atoms with Crippen molar-refractivity contribution in [1.29, 1.82) is 0 Å². The van der Waals surface area contributed by atoms with Crippen molar-refractivity contribution in [2.45, 2.75) is 0 Å². The first-order valence-corrected chi connectivity index (χ1v) is 6.85. The number of rotatable bonds is 2. The highest BCUT2D eigenvalue weighted by atomic mass is 35.5. The van der Waals surface area contributed by atoms with Gasteiger partial charge in [0.1, 0.15) is 0 Å². The number of hydrogen-bond acceptors (Lipinski definition) is 4. The average molecular weight is 335 g/mol. The lowest BCUT2D eigenvalue weighted by molar-refractivity contribution is -0.255. The first kappa shape index (κ1) is 14.6. The van der Waals surface area contributed by atoms with E-state index in [-0.39, 0.29) is 27.4 Å². The van der Waals surface area contributed by atoms with Gasteiger partial charge in [-0.05, 0) is 35.9 Å². The third-order valence-corrected chi connectivity index (χ3v) is 4.02. The van der Waals surface area contributed by atoms with Crippen LogP contribution in [0.3, 0.4) is 0 Å². The Morgan fingerprint density at radius 2 is 1.59 bits per heavy atom. The molecular formula is C15H6Cl2NO4-. The van der Waals surface area contributed by atoms with Gasteiger partial charge in [0.25, 0.3) is 11.8 Å². The molecule has 7 heteroatoms. The Labute approximate surface area is 134 Å². The van der Waals surface area contributed by atoms with Gasteiger partial charge in [0.15, 0.2) is 0 Å². The number of benzene rings is 2. The zero-order valence-corrected chi connectivity index (χ0v) is 12.3. The van der Waals surface area contributed by atoms with E-state index in [1.54, 1.807) is 0 Å². The highest BCUT2D eigenvalue weighted by Crippen LogP contribution is 2.32. The molecule has 22 heavy (non-hydrogen) atoms. The van der Waals surface area contributed by atoms with Gasteiger partial charge in [0.2, 0.25) is 0 Å². The quantitative estimate of drug-likeness (QED) is 0.788. The molecule has 0 fully saturated rings. The lowest BCUT2D eigenvalue weighted by atomic mass is 10.1. The molecule has 0 N–H and O–H groups in total. The molecule has 0 saturated heterocycles. The van der Waals surface area contributed by atoms with Crippen LogP contribution in [0.4, 0.5) is 5.69 Å². The standard InChI is InChI=1S/C15H7Cl2NO4/c16-11-4-2-8(6-12(11)17)18-13(19)9-3-1-7(15(21)22)5-10(9)14(18)20/h1-6H,(H,21,22)/p-1. The summed E-state index contributed by atoms with van der Waals surface area (Å²) in [6.45, 7) is 0. The molecule has 5 nitrogen and oxygen atoms in total. The van der Waals surface area contributed by atoms with Crippen molar-refractivity contribution in [2.75, 3.05) is 4.90 Å². The first-order chi connectivity index (χ1) is 10.4. The summed E-state index contributed by atoms with van der Waals surface area (Å²) in [6, 6.07) is 7.98. The Morgan fingerprint density at radius 1 is 0.909 bits per heavy atom. The number of hydrogen-bond donors (Lipinski definition) is 0. The zero-order valence-electron chi connectivity index (χ0n) is 10.8. The molecule has 0 atom stereocenters. The summed E-state index contributed by atoms with van der Waals surface area (Å²) in [5.41, 5.74) is 0.227. The Kier molecular flexibility index (Phi) is 3.39. The molecule has 2 aromatic carbocycles. The van der Waals surface area contributed by atoms with Gasteiger partial charge >= 0.3 is 0 Å². The Hall–Kier alpha value is -2.37. The molecule has 0 aliphatic carbocycles. The number of nitrogens with zero attached hydrogens (tertiary/aromatic N) is 1. The van der Waals surface area contributed by atoms with Crippen molar-refractivity contribution in [3.05, 3.63) is 63.1 Å². The third-order valence-electron chi connectivity index (χ3n) is 3.28. The highest BCUT2D eigenvalue weighted by Gasteiger charge is 2.37. The Balaban J connectivity index is 2.09. The van der Waals surface area contributed by atoms with Gasteiger partial charge in [-0.25, -0.2) is 4.90 Å². The maximum Gasteiger partial charge on any atom is 0.266 e. The van der Waals surface area contributed by atoms with E-state index in [1.165, 1.54) is 30.3 Å². The van der Waals surface area contributed by atoms with Crippen molar-refractivity contribution >= 4 is 46.7 Å². The largest absolute Gasteiger partial charge is 0.545 e. The summed E-state index contributed by atoms with van der Waals surface area (Å²) in [4.78, 5) is 36.5. The molecule has 1 heterocycles. The van der Waals surface area contributed by atoms with Crippen molar-refractivity contribution in [3.63, 3.8) is 0 Å². The number of carbonyl (C=O) groups excluding carboxylic acids is 3. The molecular weight excluding hydrogens is 329 g/mol. The molecule has 0 saturated carbocycles. The Bertz CT molecular complexity index is 847. The van der Waals surface area contributed by atoms with Crippen LogP contribution in [0.2, 0.25) is 10.0 Å². The second kappa shape index (κ2) is 5.12. The molecule has 2 amide bonds. The SMILES string of the molecule is O=C([O-])c1ccc2c(c1)C(=O)N(c1ccc(Cl)c(Cl)c1)C2=O. The molecule has 110 valence electrons. The van der Waals surface area contributed by atoms with Crippen LogP contribution in [0.1, 0.15) is 31.1 Å². The summed E-state index contributed by atoms with van der Waals surface area (Å²) in [6.07, 6.45) is 0. The summed E-state index contributed by atoms with van der Waals surface area (Å²) < 4.78 is 0. The van der Waals surface area contributed by atoms with Gasteiger partial charge in [0.05, 0.1) is 32.8 Å². The van der Waals surface area contributed by atoms with E-state index in [4.69, 9.17) is 23.2 Å². The molecule has 0 aromatic heterocycles. The van der Waals surface area contributed by atoms with E-state index in [0.29, 0.717) is 5.02 Å². The number of anilines is 1. The molecule has 0 bridgehead atoms. The number of fused-ring (bicyclic) bond motifs is 1. The fourth-order valence-corrected chi connectivity index (χ4v) is 2.52. The second-order valence-corrected chi connectivity index (χ2v) is 5.41. The van der Waals surface area contributed by atoms with Gasteiger partial charge in [-0.2, -0.15) is 0 Å². The van der Waals surface area contributed by atoms with Crippen LogP contribution in [0.15, 0.2) is 36.4 Å². The average Bonchev–Trinajstić information content (AvgIpc) is 2.73. The van der Waals surface area contributed by atoms with Crippen molar-refractivity contribution in [1.82, 2.24) is 0 Å². The minimum atomic E-state index is -1.42. The van der Waals surface area contributed by atoms with E-state index in [2.05, 4.69) is 0 Å². The number of carbonyl (C=O) groups is 3. The van der Waals surface area contributed by atoms with Crippen LogP contribution in [0.5, 0.6) is 0 Å². The monoisotopic (exact) mass is 334 g/mol. The molecule has 1 aliphatic rings. The van der Waals surface area contributed by atoms with Crippen LogP contribution in [0, 0.1) is 0 Å². The van der Waals surface area contributed by atoms with Gasteiger partial charge in [0, 0.05) is 0 Å². The summed E-state index contributed by atoms with van der Waals surface area (Å²) in [5, 5.41) is 11.4. The van der Waals surface area contributed by atoms with E-state index >= 15 is 0 Å². The normalized spacial score (nSPS) is 13.5. The third kappa shape index (κ3) is 2.15.